The topological polar surface area (TPSA) is 0 Å². The summed E-state index contributed by atoms with van der Waals surface area (Å²) >= 11 is 9.46. The van der Waals surface area contributed by atoms with E-state index in [0.717, 1.165) is 10.4 Å². The fraction of sp³-hybridized carbons (Fsp3) is 0.538. The van der Waals surface area contributed by atoms with Crippen molar-refractivity contribution in [1.29, 1.82) is 0 Å². The van der Waals surface area contributed by atoms with Gasteiger partial charge in [-0.15, -0.1) is 0 Å². The number of halogens is 2. The van der Waals surface area contributed by atoms with Gasteiger partial charge in [-0.25, -0.2) is 0 Å². The van der Waals surface area contributed by atoms with Crippen LogP contribution in [0, 0.1) is 0 Å². The van der Waals surface area contributed by atoms with Gasteiger partial charge in [-0.1, -0.05) is 65.8 Å². The van der Waals surface area contributed by atoms with Crippen molar-refractivity contribution in [3.8, 4) is 0 Å². The van der Waals surface area contributed by atoms with Crippen LogP contribution in [0.15, 0.2) is 24.3 Å². The molecule has 2 heteroatoms. The van der Waals surface area contributed by atoms with Gasteiger partial charge in [0.15, 0.2) is 0 Å². The van der Waals surface area contributed by atoms with Crippen LogP contribution in [0.3, 0.4) is 0 Å². The van der Waals surface area contributed by atoms with E-state index in [1.165, 1.54) is 31.2 Å². The summed E-state index contributed by atoms with van der Waals surface area (Å²) < 4.78 is 0. The Kier molecular flexibility index (Phi) is 6.35. The van der Waals surface area contributed by atoms with Gasteiger partial charge in [0.2, 0.25) is 0 Å². The van der Waals surface area contributed by atoms with Gasteiger partial charge < -0.3 is 0 Å². The Balaban J connectivity index is 2.53. The van der Waals surface area contributed by atoms with Crippen molar-refractivity contribution in [2.75, 3.05) is 5.33 Å². The second-order valence-corrected chi connectivity index (χ2v) is 4.98. The summed E-state index contributed by atoms with van der Waals surface area (Å²) in [6.45, 7) is 2.24. The van der Waals surface area contributed by atoms with E-state index in [1.54, 1.807) is 0 Å². The zero-order chi connectivity index (χ0) is 11.1. The van der Waals surface area contributed by atoms with E-state index < -0.39 is 0 Å². The van der Waals surface area contributed by atoms with Crippen molar-refractivity contribution in [3.63, 3.8) is 0 Å². The largest absolute Gasteiger partial charge is 0.0921 e. The first-order valence-electron chi connectivity index (χ1n) is 5.59. The SMILES string of the molecule is CCCCCC(CBr)c1ccc(Cl)cc1. The molecular weight excluding hydrogens is 272 g/mol. The van der Waals surface area contributed by atoms with Crippen molar-refractivity contribution in [1.82, 2.24) is 0 Å². The lowest BCUT2D eigenvalue weighted by molar-refractivity contribution is 0.605. The molecule has 0 amide bonds. The molecule has 1 aromatic carbocycles. The fourth-order valence-electron chi connectivity index (χ4n) is 1.71. The van der Waals surface area contributed by atoms with Gasteiger partial charge in [0, 0.05) is 10.4 Å². The zero-order valence-corrected chi connectivity index (χ0v) is 11.5. The second kappa shape index (κ2) is 7.29. The summed E-state index contributed by atoms with van der Waals surface area (Å²) in [5.74, 6) is 0.633. The van der Waals surface area contributed by atoms with Gasteiger partial charge in [-0.3, -0.25) is 0 Å². The standard InChI is InChI=1S/C13H18BrCl/c1-2-3-4-5-12(10-14)11-6-8-13(15)9-7-11/h6-9,12H,2-5,10H2,1H3. The Morgan fingerprint density at radius 1 is 1.20 bits per heavy atom. The van der Waals surface area contributed by atoms with E-state index in [9.17, 15) is 0 Å². The van der Waals surface area contributed by atoms with Crippen LogP contribution in [0.25, 0.3) is 0 Å². The van der Waals surface area contributed by atoms with E-state index in [1.807, 2.05) is 12.1 Å². The molecule has 0 aliphatic carbocycles. The highest BCUT2D eigenvalue weighted by molar-refractivity contribution is 9.09. The van der Waals surface area contributed by atoms with Gasteiger partial charge in [0.05, 0.1) is 0 Å². The minimum atomic E-state index is 0.633. The van der Waals surface area contributed by atoms with E-state index in [0.29, 0.717) is 5.92 Å². The molecule has 0 spiro atoms. The van der Waals surface area contributed by atoms with E-state index >= 15 is 0 Å². The predicted molar refractivity (Wildman–Crippen MR) is 72.1 cm³/mol. The molecule has 84 valence electrons. The molecule has 0 bridgehead atoms. The minimum Gasteiger partial charge on any atom is -0.0921 e. The van der Waals surface area contributed by atoms with Gasteiger partial charge in [-0.05, 0) is 30.0 Å². The molecule has 0 saturated carbocycles. The summed E-state index contributed by atoms with van der Waals surface area (Å²) in [5, 5.41) is 1.86. The summed E-state index contributed by atoms with van der Waals surface area (Å²) in [6.07, 6.45) is 5.20. The predicted octanol–water partition coefficient (Wildman–Crippen LogP) is 5.40. The van der Waals surface area contributed by atoms with Crippen molar-refractivity contribution >= 4 is 27.5 Å². The first kappa shape index (κ1) is 13.1. The molecule has 1 rings (SSSR count). The van der Waals surface area contributed by atoms with Gasteiger partial charge >= 0.3 is 0 Å². The van der Waals surface area contributed by atoms with E-state index in [2.05, 4.69) is 35.0 Å². The number of benzene rings is 1. The van der Waals surface area contributed by atoms with Crippen molar-refractivity contribution in [3.05, 3.63) is 34.9 Å². The van der Waals surface area contributed by atoms with Crippen molar-refractivity contribution in [2.45, 2.75) is 38.5 Å². The lowest BCUT2D eigenvalue weighted by Gasteiger charge is -2.14. The van der Waals surface area contributed by atoms with E-state index in [4.69, 9.17) is 11.6 Å². The lowest BCUT2D eigenvalue weighted by Crippen LogP contribution is -2.00. The van der Waals surface area contributed by atoms with Gasteiger partial charge in [0.1, 0.15) is 0 Å². The molecule has 0 N–H and O–H groups in total. The molecular formula is C13H18BrCl. The minimum absolute atomic E-state index is 0.633. The highest BCUT2D eigenvalue weighted by Gasteiger charge is 2.09. The molecule has 0 fully saturated rings. The van der Waals surface area contributed by atoms with Crippen molar-refractivity contribution < 1.29 is 0 Å². The Bertz CT molecular complexity index is 268. The molecule has 1 aromatic rings. The lowest BCUT2D eigenvalue weighted by atomic mass is 9.95. The maximum absolute atomic E-state index is 5.87. The second-order valence-electron chi connectivity index (χ2n) is 3.90. The van der Waals surface area contributed by atoms with Crippen LogP contribution in [0.5, 0.6) is 0 Å². The van der Waals surface area contributed by atoms with Crippen LogP contribution >= 0.6 is 27.5 Å². The van der Waals surface area contributed by atoms with Crippen LogP contribution in [0.4, 0.5) is 0 Å². The number of hydrogen-bond donors (Lipinski definition) is 0. The molecule has 0 nitrogen and oxygen atoms in total. The molecule has 1 atom stereocenters. The number of unbranched alkanes of at least 4 members (excludes halogenated alkanes) is 2. The van der Waals surface area contributed by atoms with Crippen LogP contribution in [0.2, 0.25) is 5.02 Å². The summed E-state index contributed by atoms with van der Waals surface area (Å²) in [7, 11) is 0. The average molecular weight is 290 g/mol. The summed E-state index contributed by atoms with van der Waals surface area (Å²) in [6, 6.07) is 8.24. The molecule has 15 heavy (non-hydrogen) atoms. The third-order valence-electron chi connectivity index (χ3n) is 2.68. The van der Waals surface area contributed by atoms with Gasteiger partial charge in [-0.2, -0.15) is 0 Å². The summed E-state index contributed by atoms with van der Waals surface area (Å²) in [4.78, 5) is 0. The highest BCUT2D eigenvalue weighted by Crippen LogP contribution is 2.25. The fourth-order valence-corrected chi connectivity index (χ4v) is 2.53. The molecule has 0 aliphatic heterocycles. The van der Waals surface area contributed by atoms with Crippen LogP contribution < -0.4 is 0 Å². The zero-order valence-electron chi connectivity index (χ0n) is 9.18. The first-order valence-corrected chi connectivity index (χ1v) is 7.09. The molecule has 0 heterocycles. The third kappa shape index (κ3) is 4.56. The number of hydrogen-bond acceptors (Lipinski definition) is 0. The maximum atomic E-state index is 5.87. The van der Waals surface area contributed by atoms with Crippen LogP contribution in [-0.4, -0.2) is 5.33 Å². The molecule has 0 saturated heterocycles. The Morgan fingerprint density at radius 2 is 1.87 bits per heavy atom. The first-order chi connectivity index (χ1) is 7.27. The summed E-state index contributed by atoms with van der Waals surface area (Å²) in [5.41, 5.74) is 1.40. The Morgan fingerprint density at radius 3 is 2.40 bits per heavy atom. The van der Waals surface area contributed by atoms with Crippen LogP contribution in [0.1, 0.15) is 44.1 Å². The normalized spacial score (nSPS) is 12.7. The van der Waals surface area contributed by atoms with Crippen LogP contribution in [-0.2, 0) is 0 Å². The average Bonchev–Trinajstić information content (AvgIpc) is 2.26. The molecule has 0 aromatic heterocycles. The number of rotatable bonds is 6. The monoisotopic (exact) mass is 288 g/mol. The smallest absolute Gasteiger partial charge is 0.0406 e. The maximum Gasteiger partial charge on any atom is 0.0406 e. The molecule has 0 aliphatic rings. The molecule has 0 radical (unpaired) electrons. The Hall–Kier alpha value is -0.0100. The highest BCUT2D eigenvalue weighted by atomic mass is 79.9. The van der Waals surface area contributed by atoms with E-state index in [-0.39, 0.29) is 0 Å². The number of alkyl halides is 1. The molecule has 1 unspecified atom stereocenters. The van der Waals surface area contributed by atoms with Gasteiger partial charge in [0.25, 0.3) is 0 Å². The Labute approximate surface area is 106 Å². The third-order valence-corrected chi connectivity index (χ3v) is 3.72. The van der Waals surface area contributed by atoms with Crippen molar-refractivity contribution in [2.24, 2.45) is 0 Å². The quantitative estimate of drug-likeness (QED) is 0.486.